The molecule has 4 nitrogen and oxygen atoms in total. The molecule has 0 unspecified atom stereocenters. The van der Waals surface area contributed by atoms with E-state index in [0.29, 0.717) is 22.8 Å². The highest BCUT2D eigenvalue weighted by molar-refractivity contribution is 6.31. The zero-order chi connectivity index (χ0) is 13.8. The van der Waals surface area contributed by atoms with Crippen molar-refractivity contribution in [3.05, 3.63) is 58.9 Å². The first kappa shape index (κ1) is 13.4. The third-order valence-corrected chi connectivity index (χ3v) is 3.16. The smallest absolute Gasteiger partial charge is 0.256 e. The van der Waals surface area contributed by atoms with Crippen LogP contribution >= 0.6 is 11.6 Å². The molecular weight excluding hydrogens is 262 g/mol. The van der Waals surface area contributed by atoms with Crippen molar-refractivity contribution in [2.45, 2.75) is 6.54 Å². The number of rotatable bonds is 3. The minimum Gasteiger partial charge on any atom is -0.397 e. The largest absolute Gasteiger partial charge is 0.397 e. The average Bonchev–Trinajstić information content (AvgIpc) is 2.41. The second-order valence-electron chi connectivity index (χ2n) is 4.22. The predicted molar refractivity (Wildman–Crippen MR) is 75.9 cm³/mol. The van der Waals surface area contributed by atoms with Gasteiger partial charge in [-0.05, 0) is 17.7 Å². The number of pyridine rings is 1. The van der Waals surface area contributed by atoms with Crippen molar-refractivity contribution in [2.24, 2.45) is 0 Å². The standard InChI is InChI=1S/C14H14ClN3O/c1-18(9-10-4-2-3-5-12(10)15)14(19)11-6-7-17-8-13(11)16/h2-8H,9,16H2,1H3. The van der Waals surface area contributed by atoms with Gasteiger partial charge >= 0.3 is 0 Å². The SMILES string of the molecule is CN(Cc1ccccc1Cl)C(=O)c1ccncc1N. The van der Waals surface area contributed by atoms with E-state index >= 15 is 0 Å². The fraction of sp³-hybridized carbons (Fsp3) is 0.143. The van der Waals surface area contributed by atoms with Crippen LogP contribution in [0, 0.1) is 0 Å². The third-order valence-electron chi connectivity index (χ3n) is 2.79. The van der Waals surface area contributed by atoms with Crippen LogP contribution in [0.4, 0.5) is 5.69 Å². The number of carbonyl (C=O) groups is 1. The van der Waals surface area contributed by atoms with E-state index < -0.39 is 0 Å². The molecule has 0 fully saturated rings. The first-order chi connectivity index (χ1) is 9.09. The van der Waals surface area contributed by atoms with Crippen molar-refractivity contribution in [2.75, 3.05) is 12.8 Å². The fourth-order valence-electron chi connectivity index (χ4n) is 1.76. The number of nitrogens with zero attached hydrogens (tertiary/aromatic N) is 2. The monoisotopic (exact) mass is 275 g/mol. The van der Waals surface area contributed by atoms with E-state index in [9.17, 15) is 4.79 Å². The highest BCUT2D eigenvalue weighted by atomic mass is 35.5. The lowest BCUT2D eigenvalue weighted by Crippen LogP contribution is -2.27. The van der Waals surface area contributed by atoms with Gasteiger partial charge in [-0.3, -0.25) is 9.78 Å². The summed E-state index contributed by atoms with van der Waals surface area (Å²) < 4.78 is 0. The summed E-state index contributed by atoms with van der Waals surface area (Å²) in [6.07, 6.45) is 3.02. The molecule has 0 radical (unpaired) electrons. The Balaban J connectivity index is 2.17. The van der Waals surface area contributed by atoms with Gasteiger partial charge in [-0.15, -0.1) is 0 Å². The Morgan fingerprint density at radius 1 is 1.37 bits per heavy atom. The highest BCUT2D eigenvalue weighted by Gasteiger charge is 2.15. The molecule has 1 heterocycles. The Bertz CT molecular complexity index is 601. The first-order valence-corrected chi connectivity index (χ1v) is 6.15. The van der Waals surface area contributed by atoms with E-state index in [1.54, 1.807) is 30.3 Å². The van der Waals surface area contributed by atoms with Gasteiger partial charge in [-0.25, -0.2) is 0 Å². The van der Waals surface area contributed by atoms with Gasteiger partial charge in [0.05, 0.1) is 17.4 Å². The van der Waals surface area contributed by atoms with Crippen molar-refractivity contribution in [1.82, 2.24) is 9.88 Å². The maximum Gasteiger partial charge on any atom is 0.256 e. The highest BCUT2D eigenvalue weighted by Crippen LogP contribution is 2.18. The van der Waals surface area contributed by atoms with Gasteiger partial charge < -0.3 is 10.6 Å². The van der Waals surface area contributed by atoms with E-state index in [1.807, 2.05) is 18.2 Å². The molecule has 19 heavy (non-hydrogen) atoms. The molecule has 2 aromatic rings. The number of hydrogen-bond donors (Lipinski definition) is 1. The molecule has 0 bridgehead atoms. The molecule has 1 aromatic heterocycles. The summed E-state index contributed by atoms with van der Waals surface area (Å²) in [6, 6.07) is 9.05. The summed E-state index contributed by atoms with van der Waals surface area (Å²) in [5.41, 5.74) is 7.46. The number of nitrogens with two attached hydrogens (primary N) is 1. The minimum atomic E-state index is -0.153. The molecule has 0 saturated heterocycles. The summed E-state index contributed by atoms with van der Waals surface area (Å²) in [5, 5.41) is 0.643. The molecule has 0 aliphatic rings. The number of benzene rings is 1. The summed E-state index contributed by atoms with van der Waals surface area (Å²) in [4.78, 5) is 17.7. The predicted octanol–water partition coefficient (Wildman–Crippen LogP) is 2.59. The topological polar surface area (TPSA) is 59.2 Å². The van der Waals surface area contributed by atoms with Gasteiger partial charge in [0.15, 0.2) is 0 Å². The molecule has 1 aromatic carbocycles. The van der Waals surface area contributed by atoms with Crippen LogP contribution in [0.3, 0.4) is 0 Å². The zero-order valence-electron chi connectivity index (χ0n) is 10.5. The van der Waals surface area contributed by atoms with Crippen LogP contribution in [0.2, 0.25) is 5.02 Å². The molecular formula is C14H14ClN3O. The molecule has 98 valence electrons. The number of hydrogen-bond acceptors (Lipinski definition) is 3. The molecule has 0 aliphatic heterocycles. The van der Waals surface area contributed by atoms with Crippen LogP contribution in [-0.4, -0.2) is 22.8 Å². The lowest BCUT2D eigenvalue weighted by atomic mass is 10.1. The molecule has 2 N–H and O–H groups in total. The third kappa shape index (κ3) is 3.03. The lowest BCUT2D eigenvalue weighted by molar-refractivity contribution is 0.0786. The quantitative estimate of drug-likeness (QED) is 0.937. The summed E-state index contributed by atoms with van der Waals surface area (Å²) in [5.74, 6) is -0.153. The first-order valence-electron chi connectivity index (χ1n) is 5.78. The number of anilines is 1. The van der Waals surface area contributed by atoms with Crippen molar-refractivity contribution >= 4 is 23.2 Å². The Kier molecular flexibility index (Phi) is 4.02. The zero-order valence-corrected chi connectivity index (χ0v) is 11.3. The summed E-state index contributed by atoms with van der Waals surface area (Å²) >= 11 is 6.08. The van der Waals surface area contributed by atoms with Crippen LogP contribution in [-0.2, 0) is 6.54 Å². The van der Waals surface area contributed by atoms with Crippen molar-refractivity contribution in [3.63, 3.8) is 0 Å². The Morgan fingerprint density at radius 2 is 2.11 bits per heavy atom. The van der Waals surface area contributed by atoms with Crippen molar-refractivity contribution in [3.8, 4) is 0 Å². The molecule has 1 amide bonds. The van der Waals surface area contributed by atoms with Gasteiger partial charge in [0.2, 0.25) is 0 Å². The van der Waals surface area contributed by atoms with Gasteiger partial charge in [0.1, 0.15) is 0 Å². The van der Waals surface area contributed by atoms with Gasteiger partial charge in [-0.2, -0.15) is 0 Å². The van der Waals surface area contributed by atoms with E-state index in [-0.39, 0.29) is 5.91 Å². The second-order valence-corrected chi connectivity index (χ2v) is 4.62. The van der Waals surface area contributed by atoms with Gasteiger partial charge in [0.25, 0.3) is 5.91 Å². The average molecular weight is 276 g/mol. The number of carbonyl (C=O) groups excluding carboxylic acids is 1. The van der Waals surface area contributed by atoms with Gasteiger partial charge in [0, 0.05) is 24.8 Å². The molecule has 0 atom stereocenters. The van der Waals surface area contributed by atoms with E-state index in [2.05, 4.69) is 4.98 Å². The maximum atomic E-state index is 12.3. The molecule has 0 aliphatic carbocycles. The Labute approximate surface area is 116 Å². The Hall–Kier alpha value is -2.07. The van der Waals surface area contributed by atoms with Crippen molar-refractivity contribution < 1.29 is 4.79 Å². The number of aromatic nitrogens is 1. The molecule has 0 spiro atoms. The maximum absolute atomic E-state index is 12.3. The molecule has 0 saturated carbocycles. The van der Waals surface area contributed by atoms with Crippen LogP contribution in [0.25, 0.3) is 0 Å². The Morgan fingerprint density at radius 3 is 2.79 bits per heavy atom. The van der Waals surface area contributed by atoms with Crippen LogP contribution in [0.5, 0.6) is 0 Å². The number of nitrogen functional groups attached to an aromatic ring is 1. The van der Waals surface area contributed by atoms with E-state index in [1.165, 1.54) is 6.20 Å². The number of amides is 1. The summed E-state index contributed by atoms with van der Waals surface area (Å²) in [6.45, 7) is 0.431. The van der Waals surface area contributed by atoms with E-state index in [0.717, 1.165) is 5.56 Å². The van der Waals surface area contributed by atoms with Crippen LogP contribution in [0.1, 0.15) is 15.9 Å². The fourth-order valence-corrected chi connectivity index (χ4v) is 1.96. The number of halogens is 1. The van der Waals surface area contributed by atoms with Gasteiger partial charge in [-0.1, -0.05) is 29.8 Å². The summed E-state index contributed by atoms with van der Waals surface area (Å²) in [7, 11) is 1.71. The second kappa shape index (κ2) is 5.71. The molecule has 2 rings (SSSR count). The normalized spacial score (nSPS) is 10.2. The van der Waals surface area contributed by atoms with Crippen LogP contribution < -0.4 is 5.73 Å². The van der Waals surface area contributed by atoms with Crippen LogP contribution in [0.15, 0.2) is 42.7 Å². The molecule has 5 heteroatoms. The minimum absolute atomic E-state index is 0.153. The van der Waals surface area contributed by atoms with E-state index in [4.69, 9.17) is 17.3 Å². The lowest BCUT2D eigenvalue weighted by Gasteiger charge is -2.18. The van der Waals surface area contributed by atoms with Crippen molar-refractivity contribution in [1.29, 1.82) is 0 Å².